The summed E-state index contributed by atoms with van der Waals surface area (Å²) < 4.78 is 5.32. The summed E-state index contributed by atoms with van der Waals surface area (Å²) in [5, 5.41) is 2.76. The highest BCUT2D eigenvalue weighted by Gasteiger charge is 2.51. The van der Waals surface area contributed by atoms with Gasteiger partial charge in [-0.2, -0.15) is 0 Å². The monoisotopic (exact) mass is 416 g/mol. The molecule has 6 nitrogen and oxygen atoms in total. The Kier molecular flexibility index (Phi) is 5.86. The highest BCUT2D eigenvalue weighted by Crippen LogP contribution is 2.61. The van der Waals surface area contributed by atoms with E-state index in [2.05, 4.69) is 5.32 Å². The van der Waals surface area contributed by atoms with Crippen LogP contribution in [0.5, 0.6) is 0 Å². The van der Waals surface area contributed by atoms with Crippen LogP contribution in [0.25, 0.3) is 0 Å². The van der Waals surface area contributed by atoms with Gasteiger partial charge in [0.1, 0.15) is 0 Å². The third kappa shape index (κ3) is 4.94. The van der Waals surface area contributed by atoms with Crippen molar-refractivity contribution in [2.24, 2.45) is 28.9 Å². The average molecular weight is 417 g/mol. The number of thioether (sulfide) groups is 1. The van der Waals surface area contributed by atoms with Gasteiger partial charge in [0.15, 0.2) is 6.61 Å². The first-order valence-electron chi connectivity index (χ1n) is 10.4. The molecule has 0 unspecified atom stereocenters. The van der Waals surface area contributed by atoms with Gasteiger partial charge in [0.25, 0.3) is 5.91 Å². The van der Waals surface area contributed by atoms with Gasteiger partial charge >= 0.3 is 5.97 Å². The zero-order chi connectivity index (χ0) is 20.4. The molecule has 4 fully saturated rings. The van der Waals surface area contributed by atoms with Gasteiger partial charge in [0, 0.05) is 4.90 Å². The number of carbonyl (C=O) groups is 3. The van der Waals surface area contributed by atoms with Gasteiger partial charge in [-0.15, -0.1) is 11.8 Å². The molecule has 0 radical (unpaired) electrons. The Morgan fingerprint density at radius 1 is 1.07 bits per heavy atom. The Hall–Kier alpha value is -2.02. The number of amides is 2. The number of nitrogens with one attached hydrogen (secondary N) is 1. The molecule has 29 heavy (non-hydrogen) atoms. The first-order chi connectivity index (χ1) is 13.9. The van der Waals surface area contributed by atoms with E-state index >= 15 is 0 Å². The summed E-state index contributed by atoms with van der Waals surface area (Å²) in [7, 11) is 0. The van der Waals surface area contributed by atoms with Gasteiger partial charge in [-0.25, -0.2) is 0 Å². The first-order valence-corrected chi connectivity index (χ1v) is 11.3. The van der Waals surface area contributed by atoms with Crippen LogP contribution in [0, 0.1) is 23.2 Å². The van der Waals surface area contributed by atoms with E-state index < -0.39 is 5.91 Å². The molecule has 156 valence electrons. The molecule has 0 saturated heterocycles. The van der Waals surface area contributed by atoms with E-state index in [0.717, 1.165) is 41.9 Å². The molecule has 0 spiro atoms. The van der Waals surface area contributed by atoms with Crippen molar-refractivity contribution in [2.75, 3.05) is 17.7 Å². The van der Waals surface area contributed by atoms with E-state index in [0.29, 0.717) is 12.1 Å². The van der Waals surface area contributed by atoms with Crippen molar-refractivity contribution >= 4 is 35.2 Å². The number of anilines is 1. The summed E-state index contributed by atoms with van der Waals surface area (Å²) in [6.07, 6.45) is 7.88. The van der Waals surface area contributed by atoms with Crippen molar-refractivity contribution in [2.45, 2.75) is 49.8 Å². The van der Waals surface area contributed by atoms with Crippen LogP contribution in [0.4, 0.5) is 5.69 Å². The number of benzene rings is 1. The molecule has 0 atom stereocenters. The predicted octanol–water partition coefficient (Wildman–Crippen LogP) is 3.35. The number of hydrogen-bond acceptors (Lipinski definition) is 5. The molecule has 1 aromatic rings. The van der Waals surface area contributed by atoms with Gasteiger partial charge in [0.2, 0.25) is 5.91 Å². The molecule has 4 aliphatic carbocycles. The molecule has 1 aromatic carbocycles. The predicted molar refractivity (Wildman–Crippen MR) is 111 cm³/mol. The average Bonchev–Trinajstić information content (AvgIpc) is 2.64. The summed E-state index contributed by atoms with van der Waals surface area (Å²) >= 11 is 1.26. The number of hydrogen-bond donors (Lipinski definition) is 2. The SMILES string of the molecule is NC(=O)CSc1ccccc1NC(=O)COC(=O)CC12CC3CC(CC(C3)C1)C2. The summed E-state index contributed by atoms with van der Waals surface area (Å²) in [6, 6.07) is 7.17. The van der Waals surface area contributed by atoms with E-state index in [1.54, 1.807) is 12.1 Å². The third-order valence-electron chi connectivity index (χ3n) is 6.58. The van der Waals surface area contributed by atoms with Crippen LogP contribution in [-0.2, 0) is 19.1 Å². The minimum Gasteiger partial charge on any atom is -0.456 e. The van der Waals surface area contributed by atoms with Crippen LogP contribution >= 0.6 is 11.8 Å². The second kappa shape index (κ2) is 8.38. The van der Waals surface area contributed by atoms with E-state index in [9.17, 15) is 14.4 Å². The molecular weight excluding hydrogens is 388 g/mol. The summed E-state index contributed by atoms with van der Waals surface area (Å²) in [5.41, 5.74) is 5.89. The van der Waals surface area contributed by atoms with Crippen LogP contribution in [0.2, 0.25) is 0 Å². The molecule has 0 aliphatic heterocycles. The molecule has 2 amide bonds. The summed E-state index contributed by atoms with van der Waals surface area (Å²) in [6.45, 7) is -0.292. The second-order valence-electron chi connectivity index (χ2n) is 9.05. The molecule has 4 bridgehead atoms. The van der Waals surface area contributed by atoms with Gasteiger partial charge in [0.05, 0.1) is 17.9 Å². The lowest BCUT2D eigenvalue weighted by molar-refractivity contribution is -0.154. The van der Waals surface area contributed by atoms with Crippen LogP contribution in [-0.4, -0.2) is 30.1 Å². The zero-order valence-corrected chi connectivity index (χ0v) is 17.3. The number of primary amides is 1. The molecular formula is C22H28N2O4S. The largest absolute Gasteiger partial charge is 0.456 e. The Morgan fingerprint density at radius 3 is 2.31 bits per heavy atom. The molecule has 0 aromatic heterocycles. The van der Waals surface area contributed by atoms with Crippen molar-refractivity contribution < 1.29 is 19.1 Å². The minimum absolute atomic E-state index is 0.111. The number of ether oxygens (including phenoxy) is 1. The molecule has 0 heterocycles. The van der Waals surface area contributed by atoms with E-state index in [-0.39, 0.29) is 29.7 Å². The van der Waals surface area contributed by atoms with Crippen molar-refractivity contribution in [1.82, 2.24) is 0 Å². The number of para-hydroxylation sites is 1. The lowest BCUT2D eigenvalue weighted by atomic mass is 9.49. The smallest absolute Gasteiger partial charge is 0.306 e. The second-order valence-corrected chi connectivity index (χ2v) is 10.1. The van der Waals surface area contributed by atoms with Crippen LogP contribution in [0.1, 0.15) is 44.9 Å². The summed E-state index contributed by atoms with van der Waals surface area (Å²) in [4.78, 5) is 36.5. The van der Waals surface area contributed by atoms with Crippen LogP contribution in [0.3, 0.4) is 0 Å². The standard InChI is InChI=1S/C22H28N2O4S/c23-19(25)13-29-18-4-2-1-3-17(18)24-20(26)12-28-21(27)11-22-8-14-5-15(9-22)7-16(6-14)10-22/h1-4,14-16H,5-13H2,(H2,23,25)(H,24,26). The maximum atomic E-state index is 12.5. The number of rotatable bonds is 8. The highest BCUT2D eigenvalue weighted by atomic mass is 32.2. The Labute approximate surface area is 175 Å². The minimum atomic E-state index is -0.422. The summed E-state index contributed by atoms with van der Waals surface area (Å²) in [5.74, 6) is 1.42. The Balaban J connectivity index is 1.27. The molecule has 3 N–H and O–H groups in total. The van der Waals surface area contributed by atoms with E-state index in [1.165, 1.54) is 31.0 Å². The zero-order valence-electron chi connectivity index (χ0n) is 16.5. The lowest BCUT2D eigenvalue weighted by Crippen LogP contribution is -2.47. The van der Waals surface area contributed by atoms with Crippen molar-refractivity contribution in [3.8, 4) is 0 Å². The molecule has 5 rings (SSSR count). The molecule has 7 heteroatoms. The number of esters is 1. The Morgan fingerprint density at radius 2 is 1.69 bits per heavy atom. The maximum Gasteiger partial charge on any atom is 0.306 e. The fraction of sp³-hybridized carbons (Fsp3) is 0.591. The maximum absolute atomic E-state index is 12.5. The fourth-order valence-electron chi connectivity index (χ4n) is 6.04. The van der Waals surface area contributed by atoms with Gasteiger partial charge in [-0.05, 0) is 73.8 Å². The van der Waals surface area contributed by atoms with Gasteiger partial charge in [-0.1, -0.05) is 12.1 Å². The number of nitrogens with two attached hydrogens (primary N) is 1. The Bertz CT molecular complexity index is 774. The third-order valence-corrected chi connectivity index (χ3v) is 7.68. The molecule has 4 aliphatic rings. The number of carbonyl (C=O) groups excluding carboxylic acids is 3. The van der Waals surface area contributed by atoms with Gasteiger partial charge in [-0.3, -0.25) is 14.4 Å². The normalized spacial score (nSPS) is 29.4. The van der Waals surface area contributed by atoms with Crippen molar-refractivity contribution in [3.05, 3.63) is 24.3 Å². The van der Waals surface area contributed by atoms with E-state index in [4.69, 9.17) is 10.5 Å². The highest BCUT2D eigenvalue weighted by molar-refractivity contribution is 8.00. The van der Waals surface area contributed by atoms with Crippen molar-refractivity contribution in [3.63, 3.8) is 0 Å². The van der Waals surface area contributed by atoms with Crippen molar-refractivity contribution in [1.29, 1.82) is 0 Å². The molecule has 4 saturated carbocycles. The topological polar surface area (TPSA) is 98.5 Å². The fourth-order valence-corrected chi connectivity index (χ4v) is 6.79. The van der Waals surface area contributed by atoms with E-state index in [1.807, 2.05) is 12.1 Å². The first kappa shape index (κ1) is 20.3. The van der Waals surface area contributed by atoms with Crippen LogP contribution in [0.15, 0.2) is 29.2 Å². The van der Waals surface area contributed by atoms with Gasteiger partial charge < -0.3 is 15.8 Å². The lowest BCUT2D eigenvalue weighted by Gasteiger charge is -2.56. The quantitative estimate of drug-likeness (QED) is 0.500. The van der Waals surface area contributed by atoms with Crippen LogP contribution < -0.4 is 11.1 Å².